The van der Waals surface area contributed by atoms with Crippen molar-refractivity contribution in [3.8, 4) is 0 Å². The third-order valence-corrected chi connectivity index (χ3v) is 3.61. The van der Waals surface area contributed by atoms with Gasteiger partial charge in [-0.3, -0.25) is 0 Å². The van der Waals surface area contributed by atoms with Crippen LogP contribution in [0.2, 0.25) is 0 Å². The Hall–Kier alpha value is -0.770. The normalized spacial score (nSPS) is 20.4. The van der Waals surface area contributed by atoms with Gasteiger partial charge in [0.15, 0.2) is 0 Å². The van der Waals surface area contributed by atoms with Gasteiger partial charge in [-0.25, -0.2) is 4.79 Å². The molecule has 1 saturated heterocycles. The Kier molecular flexibility index (Phi) is 4.19. The van der Waals surface area contributed by atoms with E-state index >= 15 is 0 Å². The van der Waals surface area contributed by atoms with Gasteiger partial charge in [0, 0.05) is 5.54 Å². The van der Waals surface area contributed by atoms with Crippen LogP contribution in [0.15, 0.2) is 0 Å². The summed E-state index contributed by atoms with van der Waals surface area (Å²) in [6, 6.07) is 0. The van der Waals surface area contributed by atoms with Gasteiger partial charge >= 0.3 is 6.09 Å². The molecule has 0 radical (unpaired) electrons. The largest absolute Gasteiger partial charge is 0.465 e. The first-order chi connectivity index (χ1) is 7.33. The van der Waals surface area contributed by atoms with Crippen LogP contribution in [0.4, 0.5) is 4.79 Å². The molecule has 94 valence electrons. The first kappa shape index (κ1) is 13.3. The van der Waals surface area contributed by atoms with Crippen LogP contribution in [0.1, 0.15) is 46.5 Å². The molecule has 0 atom stereocenters. The minimum atomic E-state index is -0.930. The van der Waals surface area contributed by atoms with E-state index in [2.05, 4.69) is 17.6 Å². The van der Waals surface area contributed by atoms with Crippen LogP contribution in [-0.2, 0) is 0 Å². The summed E-state index contributed by atoms with van der Waals surface area (Å²) in [4.78, 5) is 10.6. The fourth-order valence-electron chi connectivity index (χ4n) is 2.25. The summed E-state index contributed by atoms with van der Waals surface area (Å²) in [5, 5.41) is 14.7. The summed E-state index contributed by atoms with van der Waals surface area (Å²) < 4.78 is 0. The molecule has 1 aliphatic rings. The predicted octanol–water partition coefficient (Wildman–Crippen LogP) is 2.20. The summed E-state index contributed by atoms with van der Waals surface area (Å²) in [7, 11) is 0. The quantitative estimate of drug-likeness (QED) is 0.691. The molecule has 0 unspecified atom stereocenters. The molecule has 0 saturated carbocycles. The van der Waals surface area contributed by atoms with Gasteiger partial charge < -0.3 is 15.7 Å². The van der Waals surface area contributed by atoms with E-state index in [0.29, 0.717) is 5.41 Å². The van der Waals surface area contributed by atoms with Crippen molar-refractivity contribution in [2.75, 3.05) is 13.1 Å². The molecule has 1 rings (SSSR count). The van der Waals surface area contributed by atoms with Crippen LogP contribution >= 0.6 is 0 Å². The number of nitrogens with one attached hydrogen (secondary N) is 2. The third kappa shape index (κ3) is 4.39. The fraction of sp³-hybridized carbons (Fsp3) is 0.917. The second kappa shape index (κ2) is 5.04. The van der Waals surface area contributed by atoms with E-state index < -0.39 is 6.09 Å². The van der Waals surface area contributed by atoms with Gasteiger partial charge in [-0.05, 0) is 58.0 Å². The molecule has 1 fully saturated rings. The maximum Gasteiger partial charge on any atom is 0.405 e. The summed E-state index contributed by atoms with van der Waals surface area (Å²) in [6.07, 6.45) is 3.44. The van der Waals surface area contributed by atoms with Crippen molar-refractivity contribution >= 4 is 6.09 Å². The third-order valence-electron chi connectivity index (χ3n) is 3.61. The number of amides is 1. The maximum absolute atomic E-state index is 10.6. The van der Waals surface area contributed by atoms with Crippen LogP contribution in [0.25, 0.3) is 0 Å². The number of hydrogen-bond acceptors (Lipinski definition) is 2. The molecule has 3 N–H and O–H groups in total. The zero-order valence-corrected chi connectivity index (χ0v) is 10.6. The van der Waals surface area contributed by atoms with E-state index in [-0.39, 0.29) is 5.54 Å². The zero-order chi connectivity index (χ0) is 12.2. The number of hydrogen-bond donors (Lipinski definition) is 3. The number of piperidine rings is 1. The highest BCUT2D eigenvalue weighted by Gasteiger charge is 2.30. The average molecular weight is 228 g/mol. The van der Waals surface area contributed by atoms with Crippen LogP contribution in [0, 0.1) is 5.41 Å². The molecule has 1 amide bonds. The lowest BCUT2D eigenvalue weighted by Crippen LogP contribution is -2.44. The van der Waals surface area contributed by atoms with Crippen molar-refractivity contribution in [3.63, 3.8) is 0 Å². The van der Waals surface area contributed by atoms with Crippen molar-refractivity contribution in [2.45, 2.75) is 52.0 Å². The predicted molar refractivity (Wildman–Crippen MR) is 64.7 cm³/mol. The molecule has 1 heterocycles. The fourth-order valence-corrected chi connectivity index (χ4v) is 2.25. The Labute approximate surface area is 97.8 Å². The van der Waals surface area contributed by atoms with Crippen LogP contribution in [-0.4, -0.2) is 29.8 Å². The number of carboxylic acid groups (broad SMARTS) is 1. The Balaban J connectivity index is 2.39. The summed E-state index contributed by atoms with van der Waals surface area (Å²) in [6.45, 7) is 8.38. The van der Waals surface area contributed by atoms with E-state index in [4.69, 9.17) is 5.11 Å². The summed E-state index contributed by atoms with van der Waals surface area (Å²) in [5.74, 6) is 0. The SMILES string of the molecule is CC1(CCC(C)(C)NC(=O)O)CCNCC1. The van der Waals surface area contributed by atoms with Crippen LogP contribution in [0.3, 0.4) is 0 Å². The van der Waals surface area contributed by atoms with Crippen LogP contribution in [0.5, 0.6) is 0 Å². The van der Waals surface area contributed by atoms with E-state index in [9.17, 15) is 4.79 Å². The van der Waals surface area contributed by atoms with E-state index in [0.717, 1.165) is 25.9 Å². The molecule has 4 heteroatoms. The second-order valence-corrected chi connectivity index (χ2v) is 5.87. The van der Waals surface area contributed by atoms with Crippen molar-refractivity contribution in [2.24, 2.45) is 5.41 Å². The van der Waals surface area contributed by atoms with Crippen molar-refractivity contribution < 1.29 is 9.90 Å². The Morgan fingerprint density at radius 1 is 1.44 bits per heavy atom. The first-order valence-corrected chi connectivity index (χ1v) is 6.05. The van der Waals surface area contributed by atoms with Gasteiger partial charge in [-0.15, -0.1) is 0 Å². The molecule has 0 aromatic heterocycles. The number of carbonyl (C=O) groups is 1. The molecule has 0 aromatic rings. The topological polar surface area (TPSA) is 61.4 Å². The van der Waals surface area contributed by atoms with Gasteiger partial charge in [0.25, 0.3) is 0 Å². The molecule has 1 aliphatic heterocycles. The first-order valence-electron chi connectivity index (χ1n) is 6.05. The van der Waals surface area contributed by atoms with Crippen LogP contribution < -0.4 is 10.6 Å². The van der Waals surface area contributed by atoms with Gasteiger partial charge in [0.2, 0.25) is 0 Å². The minimum absolute atomic E-state index is 0.320. The Morgan fingerprint density at radius 2 is 2.00 bits per heavy atom. The highest BCUT2D eigenvalue weighted by Crippen LogP contribution is 2.35. The summed E-state index contributed by atoms with van der Waals surface area (Å²) >= 11 is 0. The van der Waals surface area contributed by atoms with Crippen molar-refractivity contribution in [1.82, 2.24) is 10.6 Å². The van der Waals surface area contributed by atoms with E-state index in [1.807, 2.05) is 13.8 Å². The van der Waals surface area contributed by atoms with Gasteiger partial charge in [0.05, 0.1) is 0 Å². The van der Waals surface area contributed by atoms with Crippen molar-refractivity contribution in [3.05, 3.63) is 0 Å². The van der Waals surface area contributed by atoms with Crippen molar-refractivity contribution in [1.29, 1.82) is 0 Å². The highest BCUT2D eigenvalue weighted by atomic mass is 16.4. The molecule has 0 aromatic carbocycles. The maximum atomic E-state index is 10.6. The number of rotatable bonds is 4. The molecular formula is C12H24N2O2. The minimum Gasteiger partial charge on any atom is -0.465 e. The monoisotopic (exact) mass is 228 g/mol. The molecule has 16 heavy (non-hydrogen) atoms. The summed E-state index contributed by atoms with van der Waals surface area (Å²) in [5.41, 5.74) is 0.0580. The van der Waals surface area contributed by atoms with Gasteiger partial charge in [-0.1, -0.05) is 6.92 Å². The molecule has 0 spiro atoms. The molecule has 0 aliphatic carbocycles. The van der Waals surface area contributed by atoms with Gasteiger partial charge in [0.1, 0.15) is 0 Å². The zero-order valence-electron chi connectivity index (χ0n) is 10.6. The molecule has 4 nitrogen and oxygen atoms in total. The van der Waals surface area contributed by atoms with E-state index in [1.165, 1.54) is 12.8 Å². The van der Waals surface area contributed by atoms with Gasteiger partial charge in [-0.2, -0.15) is 0 Å². The lowest BCUT2D eigenvalue weighted by Gasteiger charge is -2.37. The Bertz CT molecular complexity index is 245. The standard InChI is InChI=1S/C12H24N2O2/c1-11(2,14-10(15)16)4-5-12(3)6-8-13-9-7-12/h13-14H,4-9H2,1-3H3,(H,15,16). The second-order valence-electron chi connectivity index (χ2n) is 5.87. The average Bonchev–Trinajstić information content (AvgIpc) is 2.15. The highest BCUT2D eigenvalue weighted by molar-refractivity contribution is 5.65. The lowest BCUT2D eigenvalue weighted by molar-refractivity contribution is 0.162. The smallest absolute Gasteiger partial charge is 0.405 e. The lowest BCUT2D eigenvalue weighted by atomic mass is 9.75. The molecule has 0 bridgehead atoms. The van der Waals surface area contributed by atoms with E-state index in [1.54, 1.807) is 0 Å². The molecular weight excluding hydrogens is 204 g/mol. The Morgan fingerprint density at radius 3 is 2.50 bits per heavy atom.